The van der Waals surface area contributed by atoms with E-state index in [1.807, 2.05) is 30.5 Å². The van der Waals surface area contributed by atoms with E-state index in [4.69, 9.17) is 4.74 Å². The molecule has 6 nitrogen and oxygen atoms in total. The highest BCUT2D eigenvalue weighted by Crippen LogP contribution is 2.32. The Kier molecular flexibility index (Phi) is 6.70. The lowest BCUT2D eigenvalue weighted by molar-refractivity contribution is -0.137. The fourth-order valence-corrected chi connectivity index (χ4v) is 3.77. The molecule has 0 aliphatic carbocycles. The van der Waals surface area contributed by atoms with E-state index in [1.54, 1.807) is 13.1 Å². The zero-order valence-corrected chi connectivity index (χ0v) is 17.8. The van der Waals surface area contributed by atoms with Crippen LogP contribution >= 0.6 is 0 Å². The van der Waals surface area contributed by atoms with Gasteiger partial charge in [-0.25, -0.2) is 0 Å². The third kappa shape index (κ3) is 4.95. The Morgan fingerprint density at radius 3 is 2.73 bits per heavy atom. The molecule has 1 aromatic heterocycles. The number of aliphatic imine (C=N–C) groups is 1. The second-order valence-corrected chi connectivity index (χ2v) is 7.43. The van der Waals surface area contributed by atoms with Crippen molar-refractivity contribution in [1.29, 1.82) is 0 Å². The van der Waals surface area contributed by atoms with Crippen molar-refractivity contribution < 1.29 is 17.9 Å². The van der Waals surface area contributed by atoms with Gasteiger partial charge in [0, 0.05) is 32.9 Å². The van der Waals surface area contributed by atoms with Crippen molar-refractivity contribution in [3.05, 3.63) is 52.3 Å². The predicted molar refractivity (Wildman–Crippen MR) is 109 cm³/mol. The van der Waals surface area contributed by atoms with E-state index in [9.17, 15) is 13.2 Å². The van der Waals surface area contributed by atoms with Gasteiger partial charge in [-0.15, -0.1) is 0 Å². The molecule has 1 N–H and O–H groups in total. The molecule has 1 unspecified atom stereocenters. The Bertz CT molecular complexity index is 907. The van der Waals surface area contributed by atoms with Gasteiger partial charge in [-0.2, -0.15) is 18.3 Å². The van der Waals surface area contributed by atoms with E-state index in [0.717, 1.165) is 35.9 Å². The Labute approximate surface area is 174 Å². The number of rotatable bonds is 4. The van der Waals surface area contributed by atoms with Crippen molar-refractivity contribution in [2.24, 2.45) is 12.0 Å². The Morgan fingerprint density at radius 1 is 1.33 bits per heavy atom. The topological polar surface area (TPSA) is 54.7 Å². The maximum Gasteiger partial charge on any atom is 0.416 e. The van der Waals surface area contributed by atoms with Crippen LogP contribution in [-0.4, -0.2) is 53.9 Å². The molecule has 9 heteroatoms. The number of aryl methyl sites for hydroxylation is 2. The average Bonchev–Trinajstić information content (AvgIpc) is 2.96. The van der Waals surface area contributed by atoms with Crippen molar-refractivity contribution in [3.63, 3.8) is 0 Å². The SMILES string of the molecule is CN=C(NCCc1c(C)nn(C)c1C)N1CCOC(c2cccc(C(F)(F)F)c2)C1. The number of aromatic nitrogens is 2. The summed E-state index contributed by atoms with van der Waals surface area (Å²) in [6, 6.07) is 5.34. The first kappa shape index (κ1) is 22.1. The van der Waals surface area contributed by atoms with E-state index in [-0.39, 0.29) is 0 Å². The predicted octanol–water partition coefficient (Wildman–Crippen LogP) is 3.25. The number of nitrogens with zero attached hydrogens (tertiary/aromatic N) is 4. The third-order valence-electron chi connectivity index (χ3n) is 5.48. The quantitative estimate of drug-likeness (QED) is 0.606. The molecule has 30 heavy (non-hydrogen) atoms. The summed E-state index contributed by atoms with van der Waals surface area (Å²) in [5.41, 5.74) is 3.23. The number of benzene rings is 1. The smallest absolute Gasteiger partial charge is 0.370 e. The maximum atomic E-state index is 13.0. The standard InChI is InChI=1S/C21H28F3N5O/c1-14-18(15(2)28(4)27-14)8-9-26-20(25-3)29-10-11-30-19(13-29)16-6-5-7-17(12-16)21(22,23)24/h5-7,12,19H,8-11,13H2,1-4H3,(H,25,26). The Hall–Kier alpha value is -2.55. The van der Waals surface area contributed by atoms with Gasteiger partial charge >= 0.3 is 6.18 Å². The number of hydrogen-bond donors (Lipinski definition) is 1. The minimum atomic E-state index is -4.37. The molecule has 0 saturated carbocycles. The largest absolute Gasteiger partial charge is 0.416 e. The Balaban J connectivity index is 1.63. The summed E-state index contributed by atoms with van der Waals surface area (Å²) in [6.07, 6.45) is -4.00. The molecule has 1 saturated heterocycles. The van der Waals surface area contributed by atoms with Gasteiger partial charge in [0.2, 0.25) is 0 Å². The van der Waals surface area contributed by atoms with Crippen LogP contribution in [0.5, 0.6) is 0 Å². The van der Waals surface area contributed by atoms with Crippen molar-refractivity contribution >= 4 is 5.96 Å². The minimum Gasteiger partial charge on any atom is -0.370 e. The number of guanidine groups is 1. The first-order valence-corrected chi connectivity index (χ1v) is 9.94. The van der Waals surface area contributed by atoms with E-state index in [1.165, 1.54) is 11.6 Å². The number of ether oxygens (including phenoxy) is 1. The second-order valence-electron chi connectivity index (χ2n) is 7.43. The van der Waals surface area contributed by atoms with Crippen LogP contribution in [0.4, 0.5) is 13.2 Å². The van der Waals surface area contributed by atoms with Gasteiger partial charge in [-0.3, -0.25) is 9.67 Å². The second kappa shape index (κ2) is 9.07. The number of morpholine rings is 1. The van der Waals surface area contributed by atoms with Gasteiger partial charge in [0.25, 0.3) is 0 Å². The molecule has 1 aromatic carbocycles. The molecule has 0 radical (unpaired) electrons. The minimum absolute atomic E-state index is 0.419. The number of hydrogen-bond acceptors (Lipinski definition) is 3. The molecule has 3 rings (SSSR count). The average molecular weight is 423 g/mol. The normalized spacial score (nSPS) is 18.0. The van der Waals surface area contributed by atoms with Gasteiger partial charge in [0.05, 0.1) is 24.4 Å². The van der Waals surface area contributed by atoms with Crippen LogP contribution in [0.1, 0.15) is 34.2 Å². The molecule has 2 heterocycles. The van der Waals surface area contributed by atoms with Crippen molar-refractivity contribution in [3.8, 4) is 0 Å². The molecular formula is C21H28F3N5O. The summed E-state index contributed by atoms with van der Waals surface area (Å²) < 4.78 is 46.8. The van der Waals surface area contributed by atoms with Crippen LogP contribution in [0, 0.1) is 13.8 Å². The fourth-order valence-electron chi connectivity index (χ4n) is 3.77. The molecule has 0 amide bonds. The van der Waals surface area contributed by atoms with Gasteiger partial charge in [0.1, 0.15) is 6.10 Å². The lowest BCUT2D eigenvalue weighted by Gasteiger charge is -2.35. The zero-order chi connectivity index (χ0) is 21.9. The molecule has 2 aromatic rings. The highest BCUT2D eigenvalue weighted by molar-refractivity contribution is 5.80. The summed E-state index contributed by atoms with van der Waals surface area (Å²) in [6.45, 7) is 6.21. The summed E-state index contributed by atoms with van der Waals surface area (Å²) in [7, 11) is 3.64. The molecule has 164 valence electrons. The van der Waals surface area contributed by atoms with Crippen molar-refractivity contribution in [1.82, 2.24) is 20.0 Å². The maximum absolute atomic E-state index is 13.0. The first-order valence-electron chi connectivity index (χ1n) is 9.94. The molecule has 1 fully saturated rings. The molecule has 0 bridgehead atoms. The zero-order valence-electron chi connectivity index (χ0n) is 17.8. The third-order valence-corrected chi connectivity index (χ3v) is 5.48. The lowest BCUT2D eigenvalue weighted by Crippen LogP contribution is -2.48. The van der Waals surface area contributed by atoms with E-state index >= 15 is 0 Å². The molecule has 1 atom stereocenters. The van der Waals surface area contributed by atoms with E-state index < -0.39 is 17.8 Å². The van der Waals surface area contributed by atoms with Gasteiger partial charge in [0.15, 0.2) is 5.96 Å². The number of halogens is 3. The van der Waals surface area contributed by atoms with Gasteiger partial charge in [-0.1, -0.05) is 12.1 Å². The van der Waals surface area contributed by atoms with Gasteiger partial charge < -0.3 is 15.0 Å². The molecule has 1 aliphatic heterocycles. The summed E-state index contributed by atoms with van der Waals surface area (Å²) >= 11 is 0. The van der Waals surface area contributed by atoms with Crippen LogP contribution in [-0.2, 0) is 24.4 Å². The van der Waals surface area contributed by atoms with Crippen LogP contribution in [0.15, 0.2) is 29.3 Å². The first-order chi connectivity index (χ1) is 14.2. The molecule has 0 spiro atoms. The number of alkyl halides is 3. The van der Waals surface area contributed by atoms with Crippen molar-refractivity contribution in [2.75, 3.05) is 33.3 Å². The van der Waals surface area contributed by atoms with Gasteiger partial charge in [-0.05, 0) is 43.5 Å². The Morgan fingerprint density at radius 2 is 2.10 bits per heavy atom. The van der Waals surface area contributed by atoms with Crippen LogP contribution < -0.4 is 5.32 Å². The van der Waals surface area contributed by atoms with E-state index in [0.29, 0.717) is 31.8 Å². The monoisotopic (exact) mass is 423 g/mol. The molecular weight excluding hydrogens is 395 g/mol. The summed E-state index contributed by atoms with van der Waals surface area (Å²) in [4.78, 5) is 6.38. The summed E-state index contributed by atoms with van der Waals surface area (Å²) in [5, 5.41) is 7.80. The van der Waals surface area contributed by atoms with Crippen LogP contribution in [0.25, 0.3) is 0 Å². The summed E-state index contributed by atoms with van der Waals surface area (Å²) in [5.74, 6) is 0.717. The van der Waals surface area contributed by atoms with E-state index in [2.05, 4.69) is 15.4 Å². The highest BCUT2D eigenvalue weighted by atomic mass is 19.4. The fraction of sp³-hybridized carbons (Fsp3) is 0.524. The highest BCUT2D eigenvalue weighted by Gasteiger charge is 2.32. The van der Waals surface area contributed by atoms with Crippen LogP contribution in [0.2, 0.25) is 0 Å². The van der Waals surface area contributed by atoms with Crippen LogP contribution in [0.3, 0.4) is 0 Å². The lowest BCUT2D eigenvalue weighted by atomic mass is 10.0. The molecule has 1 aliphatic rings. The van der Waals surface area contributed by atoms with Crippen molar-refractivity contribution in [2.45, 2.75) is 32.5 Å². The number of nitrogens with one attached hydrogen (secondary N) is 1.